The molecule has 4 heteroatoms. The molecule has 0 amide bonds. The van der Waals surface area contributed by atoms with Crippen LogP contribution in [0.2, 0.25) is 0 Å². The van der Waals surface area contributed by atoms with Gasteiger partial charge < -0.3 is 17.1 Å². The summed E-state index contributed by atoms with van der Waals surface area (Å²) in [5.74, 6) is -0.279. The van der Waals surface area contributed by atoms with Crippen LogP contribution in [0, 0.1) is 0 Å². The second-order valence-electron chi connectivity index (χ2n) is 4.95. The topological polar surface area (TPSA) is 26.3 Å². The molecule has 0 N–H and O–H groups in total. The summed E-state index contributed by atoms with van der Waals surface area (Å²) < 4.78 is 6.35. The number of halogens is 1. The number of hydrogen-bond donors (Lipinski definition) is 0. The van der Waals surface area contributed by atoms with E-state index in [1.165, 1.54) is 6.08 Å². The van der Waals surface area contributed by atoms with Crippen LogP contribution in [0.15, 0.2) is 36.4 Å². The second-order valence-corrected chi connectivity index (χ2v) is 4.95. The van der Waals surface area contributed by atoms with Crippen molar-refractivity contribution in [1.29, 1.82) is 0 Å². The first-order valence-corrected chi connectivity index (χ1v) is 7.37. The summed E-state index contributed by atoms with van der Waals surface area (Å²) in [4.78, 5) is 11.9. The van der Waals surface area contributed by atoms with Gasteiger partial charge in [-0.25, -0.2) is 4.79 Å². The number of hydrogen-bond acceptors (Lipinski definition) is 2. The Morgan fingerprint density at radius 3 is 2.14 bits per heavy atom. The number of carbonyl (C=O) groups is 1. The number of rotatable bonds is 7. The molecule has 0 fully saturated rings. The summed E-state index contributed by atoms with van der Waals surface area (Å²) in [6.45, 7) is 11.3. The van der Waals surface area contributed by atoms with E-state index in [4.69, 9.17) is 4.74 Å². The van der Waals surface area contributed by atoms with Crippen LogP contribution in [0.3, 0.4) is 0 Å². The molecule has 0 aliphatic carbocycles. The van der Waals surface area contributed by atoms with Crippen molar-refractivity contribution >= 4 is 12.0 Å². The molecule has 1 rings (SSSR count). The molecule has 0 heterocycles. The molecule has 3 nitrogen and oxygen atoms in total. The number of ether oxygens (including phenoxy) is 1. The van der Waals surface area contributed by atoms with Gasteiger partial charge in [-0.1, -0.05) is 30.3 Å². The van der Waals surface area contributed by atoms with Crippen molar-refractivity contribution in [2.24, 2.45) is 0 Å². The van der Waals surface area contributed by atoms with E-state index in [1.54, 1.807) is 6.08 Å². The Kier molecular flexibility index (Phi) is 8.98. The van der Waals surface area contributed by atoms with Crippen molar-refractivity contribution in [3.63, 3.8) is 0 Å². The summed E-state index contributed by atoms with van der Waals surface area (Å²) in [5.41, 5.74) is 0.999. The molecule has 0 aliphatic heterocycles. The Morgan fingerprint density at radius 1 is 1.14 bits per heavy atom. The van der Waals surface area contributed by atoms with Gasteiger partial charge in [0, 0.05) is 13.0 Å². The van der Waals surface area contributed by atoms with Gasteiger partial charge in [0.05, 0.1) is 19.6 Å². The average Bonchev–Trinajstić information content (AvgIpc) is 2.48. The van der Waals surface area contributed by atoms with Crippen LogP contribution in [0.5, 0.6) is 0 Å². The lowest BCUT2D eigenvalue weighted by Gasteiger charge is -2.39. The van der Waals surface area contributed by atoms with Crippen molar-refractivity contribution in [2.45, 2.75) is 33.9 Å². The normalized spacial score (nSPS) is 12.8. The summed E-state index contributed by atoms with van der Waals surface area (Å²) in [6.07, 6.45) is 3.16. The van der Waals surface area contributed by atoms with Gasteiger partial charge in [0.25, 0.3) is 0 Å². The molecule has 0 bridgehead atoms. The molecule has 1 unspecified atom stereocenters. The molecule has 1 aromatic rings. The molecule has 0 aliphatic rings. The van der Waals surface area contributed by atoms with Crippen LogP contribution in [-0.4, -0.2) is 36.3 Å². The first-order chi connectivity index (χ1) is 9.57. The maximum Gasteiger partial charge on any atom is 0.335 e. The van der Waals surface area contributed by atoms with Crippen LogP contribution in [-0.2, 0) is 9.53 Å². The summed E-state index contributed by atoms with van der Waals surface area (Å²) in [7, 11) is 0. The molecule has 0 spiro atoms. The second kappa shape index (κ2) is 9.59. The van der Waals surface area contributed by atoms with Crippen LogP contribution < -0.4 is 12.4 Å². The minimum absolute atomic E-state index is 0. The lowest BCUT2D eigenvalue weighted by atomic mass is 10.2. The number of benzene rings is 1. The van der Waals surface area contributed by atoms with E-state index in [9.17, 15) is 4.79 Å². The van der Waals surface area contributed by atoms with Crippen molar-refractivity contribution < 1.29 is 26.4 Å². The fraction of sp³-hybridized carbons (Fsp3) is 0.471. The zero-order chi connectivity index (χ0) is 15.0. The standard InChI is InChI=1S/C17H26NO2.ClH/c1-5-18(6-2,7-3)15(4)20-17(19)14-13-16-11-9-8-10-12-16;/h8-15H,5-7H2,1-4H3;1H/q+1;/p-1/b14-13+;. The minimum atomic E-state index is -0.279. The van der Waals surface area contributed by atoms with Gasteiger partial charge in [0.2, 0.25) is 6.23 Å². The maximum atomic E-state index is 11.9. The highest BCUT2D eigenvalue weighted by Crippen LogP contribution is 2.14. The van der Waals surface area contributed by atoms with E-state index in [2.05, 4.69) is 20.8 Å². The van der Waals surface area contributed by atoms with E-state index < -0.39 is 0 Å². The fourth-order valence-corrected chi connectivity index (χ4v) is 2.49. The Labute approximate surface area is 134 Å². The summed E-state index contributed by atoms with van der Waals surface area (Å²) in [6, 6.07) is 9.75. The highest BCUT2D eigenvalue weighted by molar-refractivity contribution is 5.87. The molecule has 0 radical (unpaired) electrons. The van der Waals surface area contributed by atoms with Gasteiger partial charge in [-0.15, -0.1) is 0 Å². The first kappa shape index (κ1) is 19.7. The van der Waals surface area contributed by atoms with E-state index in [1.807, 2.05) is 37.3 Å². The zero-order valence-electron chi connectivity index (χ0n) is 13.4. The van der Waals surface area contributed by atoms with Crippen molar-refractivity contribution in [1.82, 2.24) is 0 Å². The Bertz CT molecular complexity index is 433. The summed E-state index contributed by atoms with van der Waals surface area (Å²) in [5, 5.41) is 0. The fourth-order valence-electron chi connectivity index (χ4n) is 2.49. The highest BCUT2D eigenvalue weighted by Gasteiger charge is 2.30. The third-order valence-corrected chi connectivity index (χ3v) is 4.16. The Hall–Kier alpha value is -1.32. The number of carbonyl (C=O) groups excluding carboxylic acids is 1. The lowest BCUT2D eigenvalue weighted by molar-refractivity contribution is -0.962. The lowest BCUT2D eigenvalue weighted by Crippen LogP contribution is -3.00. The zero-order valence-corrected chi connectivity index (χ0v) is 14.1. The molecule has 0 aromatic heterocycles. The Morgan fingerprint density at radius 2 is 1.67 bits per heavy atom. The molecule has 118 valence electrons. The molecule has 1 aromatic carbocycles. The van der Waals surface area contributed by atoms with Crippen LogP contribution >= 0.6 is 0 Å². The van der Waals surface area contributed by atoms with Crippen LogP contribution in [0.25, 0.3) is 6.08 Å². The SMILES string of the molecule is CC[N+](CC)(CC)C(C)OC(=O)/C=C/c1ccccc1.[Cl-]. The van der Waals surface area contributed by atoms with Gasteiger partial charge in [-0.2, -0.15) is 0 Å². The van der Waals surface area contributed by atoms with Crippen molar-refractivity contribution in [3.8, 4) is 0 Å². The number of nitrogens with zero attached hydrogens (tertiary/aromatic N) is 1. The first-order valence-electron chi connectivity index (χ1n) is 7.37. The van der Waals surface area contributed by atoms with Gasteiger partial charge in [0.15, 0.2) is 0 Å². The quantitative estimate of drug-likeness (QED) is 0.317. The molecule has 0 saturated carbocycles. The van der Waals surface area contributed by atoms with Crippen LogP contribution in [0.1, 0.15) is 33.3 Å². The van der Waals surface area contributed by atoms with Crippen molar-refractivity contribution in [2.75, 3.05) is 19.6 Å². The molecule has 21 heavy (non-hydrogen) atoms. The Balaban J connectivity index is 0.00000400. The van der Waals surface area contributed by atoms with E-state index in [0.717, 1.165) is 29.7 Å². The molecule has 1 atom stereocenters. The minimum Gasteiger partial charge on any atom is -1.00 e. The van der Waals surface area contributed by atoms with Gasteiger partial charge >= 0.3 is 5.97 Å². The smallest absolute Gasteiger partial charge is 0.335 e. The van der Waals surface area contributed by atoms with Crippen LogP contribution in [0.4, 0.5) is 0 Å². The predicted molar refractivity (Wildman–Crippen MR) is 82.9 cm³/mol. The molecular weight excluding hydrogens is 286 g/mol. The third-order valence-electron chi connectivity index (χ3n) is 4.16. The third kappa shape index (κ3) is 5.52. The summed E-state index contributed by atoms with van der Waals surface area (Å²) >= 11 is 0. The highest BCUT2D eigenvalue weighted by atomic mass is 35.5. The van der Waals surface area contributed by atoms with Gasteiger partial charge in [-0.05, 0) is 32.4 Å². The van der Waals surface area contributed by atoms with E-state index in [-0.39, 0.29) is 24.6 Å². The van der Waals surface area contributed by atoms with Crippen molar-refractivity contribution in [3.05, 3.63) is 42.0 Å². The predicted octanol–water partition coefficient (Wildman–Crippen LogP) is 0.470. The van der Waals surface area contributed by atoms with Gasteiger partial charge in [0.1, 0.15) is 0 Å². The molecule has 0 saturated heterocycles. The average molecular weight is 312 g/mol. The van der Waals surface area contributed by atoms with E-state index >= 15 is 0 Å². The van der Waals surface area contributed by atoms with Gasteiger partial charge in [-0.3, -0.25) is 4.48 Å². The molecular formula is C17H26ClNO2. The van der Waals surface area contributed by atoms with E-state index in [0.29, 0.717) is 0 Å². The maximum absolute atomic E-state index is 11.9. The monoisotopic (exact) mass is 311 g/mol. The number of esters is 1. The largest absolute Gasteiger partial charge is 1.00 e. The number of quaternary nitrogens is 1.